The molecule has 8 nitrogen and oxygen atoms in total. The number of benzene rings is 2. The van der Waals surface area contributed by atoms with Crippen LogP contribution in [-0.4, -0.2) is 72.5 Å². The van der Waals surface area contributed by atoms with E-state index in [0.29, 0.717) is 11.8 Å². The predicted octanol–water partition coefficient (Wildman–Crippen LogP) is 3.07. The summed E-state index contributed by atoms with van der Waals surface area (Å²) >= 11 is 0. The van der Waals surface area contributed by atoms with Crippen molar-refractivity contribution in [1.82, 2.24) is 15.5 Å². The summed E-state index contributed by atoms with van der Waals surface area (Å²) < 4.78 is 17.7. The first-order chi connectivity index (χ1) is 19.4. The molecule has 2 heterocycles. The van der Waals surface area contributed by atoms with Gasteiger partial charge in [-0.05, 0) is 86.7 Å². The smallest absolute Gasteiger partial charge is 0.217 e. The number of methoxy groups -OCH3 is 2. The standard InChI is InChI=1S/C32H39N3O5/c1-18(36)34-32-12-10-22(33-13-11-19-6-9-24(38-2)25(14-19)39-3)28-31(32)17-30(29(32)35(30)16-20-4-5-20)15-21-7-8-23(37)27(40-28)26(21)31/h6-9,14,20,22,28-29,33,37H,4-5,10-13,15-17H2,1-3H3,(H,34,36)/t22-,28-,29?,30+,31-,32?,35?/m0/s1. The molecule has 7 atom stereocenters. The topological polar surface area (TPSA) is 92.1 Å². The van der Waals surface area contributed by atoms with Gasteiger partial charge in [0.1, 0.15) is 6.10 Å². The average Bonchev–Trinajstić information content (AvgIpc) is 3.81. The van der Waals surface area contributed by atoms with Crippen molar-refractivity contribution in [2.45, 2.75) is 86.5 Å². The van der Waals surface area contributed by atoms with Crippen molar-refractivity contribution in [3.05, 3.63) is 47.0 Å². The molecule has 3 N–H and O–H groups in total. The Kier molecular flexibility index (Phi) is 5.14. The Morgan fingerprint density at radius 3 is 2.73 bits per heavy atom. The van der Waals surface area contributed by atoms with Crippen LogP contribution in [0.4, 0.5) is 0 Å². The number of hydrogen-bond acceptors (Lipinski definition) is 7. The van der Waals surface area contributed by atoms with Crippen molar-refractivity contribution < 1.29 is 24.1 Å². The van der Waals surface area contributed by atoms with Crippen LogP contribution in [0.5, 0.6) is 23.0 Å². The predicted molar refractivity (Wildman–Crippen MR) is 149 cm³/mol. The average molecular weight is 546 g/mol. The highest BCUT2D eigenvalue weighted by Crippen LogP contribution is 2.77. The van der Waals surface area contributed by atoms with Gasteiger partial charge in [0, 0.05) is 30.6 Å². The van der Waals surface area contributed by atoms with Crippen LogP contribution in [0.1, 0.15) is 55.7 Å². The second-order valence-corrected chi connectivity index (χ2v) is 13.1. The number of phenolic OH excluding ortho intramolecular Hbond substituents is 1. The highest BCUT2D eigenvalue weighted by atomic mass is 16.5. The van der Waals surface area contributed by atoms with E-state index >= 15 is 0 Å². The highest BCUT2D eigenvalue weighted by molar-refractivity contribution is 5.77. The summed E-state index contributed by atoms with van der Waals surface area (Å²) in [4.78, 5) is 15.6. The zero-order valence-corrected chi connectivity index (χ0v) is 23.6. The van der Waals surface area contributed by atoms with E-state index in [-0.39, 0.29) is 40.3 Å². The zero-order valence-electron chi connectivity index (χ0n) is 23.6. The van der Waals surface area contributed by atoms with Gasteiger partial charge in [-0.3, -0.25) is 9.69 Å². The molecule has 1 saturated heterocycles. The van der Waals surface area contributed by atoms with Crippen LogP contribution < -0.4 is 24.8 Å². The number of nitrogens with one attached hydrogen (secondary N) is 2. The first-order valence-corrected chi connectivity index (χ1v) is 14.9. The van der Waals surface area contributed by atoms with E-state index < -0.39 is 0 Å². The Hall–Kier alpha value is -2.97. The number of amides is 1. The van der Waals surface area contributed by atoms with Gasteiger partial charge in [-0.15, -0.1) is 0 Å². The van der Waals surface area contributed by atoms with Gasteiger partial charge in [0.25, 0.3) is 0 Å². The number of piperidine rings is 1. The lowest BCUT2D eigenvalue weighted by molar-refractivity contribution is -0.124. The lowest BCUT2D eigenvalue weighted by atomic mass is 9.54. The van der Waals surface area contributed by atoms with Crippen LogP contribution in [0.25, 0.3) is 0 Å². The van der Waals surface area contributed by atoms with Crippen molar-refractivity contribution in [3.8, 4) is 23.0 Å². The van der Waals surface area contributed by atoms with E-state index in [1.807, 2.05) is 18.2 Å². The van der Waals surface area contributed by atoms with Gasteiger partial charge in [-0.2, -0.15) is 0 Å². The minimum absolute atomic E-state index is 0.0316. The van der Waals surface area contributed by atoms with E-state index in [1.54, 1.807) is 21.1 Å². The van der Waals surface area contributed by atoms with Crippen molar-refractivity contribution in [2.75, 3.05) is 27.3 Å². The fraction of sp³-hybridized carbons (Fsp3) is 0.594. The molecule has 2 aromatic carbocycles. The maximum Gasteiger partial charge on any atom is 0.217 e. The van der Waals surface area contributed by atoms with Crippen molar-refractivity contribution in [1.29, 1.82) is 0 Å². The highest BCUT2D eigenvalue weighted by Gasteiger charge is 2.88. The van der Waals surface area contributed by atoms with Gasteiger partial charge in [0.05, 0.1) is 31.2 Å². The van der Waals surface area contributed by atoms with Gasteiger partial charge < -0.3 is 30.0 Å². The maximum atomic E-state index is 12.9. The minimum atomic E-state index is -0.385. The van der Waals surface area contributed by atoms with Gasteiger partial charge in [0.15, 0.2) is 23.0 Å². The Bertz CT molecular complexity index is 1410. The Morgan fingerprint density at radius 1 is 1.15 bits per heavy atom. The number of hydrogen-bond donors (Lipinski definition) is 3. The van der Waals surface area contributed by atoms with Crippen LogP contribution in [0.2, 0.25) is 0 Å². The molecule has 4 aliphatic carbocycles. The molecule has 2 bridgehead atoms. The van der Waals surface area contributed by atoms with E-state index in [0.717, 1.165) is 62.6 Å². The molecule has 3 saturated carbocycles. The number of rotatable bonds is 9. The molecule has 3 unspecified atom stereocenters. The van der Waals surface area contributed by atoms with E-state index in [4.69, 9.17) is 14.2 Å². The van der Waals surface area contributed by atoms with Crippen molar-refractivity contribution >= 4 is 5.91 Å². The number of nitrogens with zero attached hydrogens (tertiary/aromatic N) is 1. The molecule has 2 aliphatic heterocycles. The number of ether oxygens (including phenoxy) is 3. The van der Waals surface area contributed by atoms with Gasteiger partial charge >= 0.3 is 0 Å². The van der Waals surface area contributed by atoms with Gasteiger partial charge in [-0.1, -0.05) is 12.1 Å². The first kappa shape index (κ1) is 24.8. The number of fused-ring (bicyclic) bond motifs is 1. The van der Waals surface area contributed by atoms with Crippen molar-refractivity contribution in [3.63, 3.8) is 0 Å². The quantitative estimate of drug-likeness (QED) is 0.417. The second-order valence-electron chi connectivity index (χ2n) is 13.1. The molecule has 0 aromatic heterocycles. The second kappa shape index (κ2) is 8.29. The summed E-state index contributed by atoms with van der Waals surface area (Å²) in [7, 11) is 3.31. The molecule has 4 fully saturated rings. The molecule has 6 aliphatic rings. The first-order valence-electron chi connectivity index (χ1n) is 14.9. The van der Waals surface area contributed by atoms with Gasteiger partial charge in [-0.25, -0.2) is 0 Å². The third-order valence-electron chi connectivity index (χ3n) is 11.1. The largest absolute Gasteiger partial charge is 0.504 e. The molecule has 1 amide bonds. The maximum absolute atomic E-state index is 12.9. The fourth-order valence-corrected chi connectivity index (χ4v) is 9.63. The summed E-state index contributed by atoms with van der Waals surface area (Å²) in [6.45, 7) is 3.60. The Labute approximate surface area is 235 Å². The van der Waals surface area contributed by atoms with Gasteiger partial charge in [0.2, 0.25) is 5.91 Å². The molecule has 2 aromatic rings. The minimum Gasteiger partial charge on any atom is -0.504 e. The Balaban J connectivity index is 1.13. The van der Waals surface area contributed by atoms with Crippen LogP contribution >= 0.6 is 0 Å². The van der Waals surface area contributed by atoms with Crippen molar-refractivity contribution in [2.24, 2.45) is 5.92 Å². The third kappa shape index (κ3) is 3.07. The lowest BCUT2D eigenvalue weighted by Gasteiger charge is -2.56. The van der Waals surface area contributed by atoms with Crippen LogP contribution in [0.15, 0.2) is 30.3 Å². The number of likely N-dealkylation sites (tertiary alicyclic amines) is 1. The summed E-state index contributed by atoms with van der Waals surface area (Å²) in [5, 5.41) is 18.4. The molecular weight excluding hydrogens is 506 g/mol. The molecule has 2 spiro atoms. The van der Waals surface area contributed by atoms with Crippen LogP contribution in [-0.2, 0) is 23.1 Å². The summed E-state index contributed by atoms with van der Waals surface area (Å²) in [5.74, 6) is 3.17. The summed E-state index contributed by atoms with van der Waals surface area (Å²) in [6.07, 6.45) is 7.12. The van der Waals surface area contributed by atoms with E-state index in [9.17, 15) is 9.90 Å². The molecule has 40 heavy (non-hydrogen) atoms. The number of carbonyl (C=O) groups is 1. The fourth-order valence-electron chi connectivity index (χ4n) is 9.63. The monoisotopic (exact) mass is 545 g/mol. The third-order valence-corrected chi connectivity index (χ3v) is 11.1. The molecule has 8 rings (SSSR count). The summed E-state index contributed by atoms with van der Waals surface area (Å²) in [6, 6.07) is 10.4. The lowest BCUT2D eigenvalue weighted by Crippen LogP contribution is -2.73. The van der Waals surface area contributed by atoms with Crippen LogP contribution in [0, 0.1) is 5.92 Å². The molecule has 0 radical (unpaired) electrons. The number of phenols is 1. The molecule has 8 heteroatoms. The zero-order chi connectivity index (χ0) is 27.4. The summed E-state index contributed by atoms with van der Waals surface area (Å²) in [5.41, 5.74) is 2.99. The molecule has 212 valence electrons. The van der Waals surface area contributed by atoms with Crippen LogP contribution in [0.3, 0.4) is 0 Å². The van der Waals surface area contributed by atoms with E-state index in [2.05, 4.69) is 27.7 Å². The SMILES string of the molecule is COc1ccc(CCN[C@H]2CCC3(NC(C)=O)C4N(CC5CC5)[C@@]45Cc4ccc(O)c6c4[C@@]3(C5)[C@H]2O6)cc1OC. The normalized spacial score (nSPS) is 37.3. The van der Waals surface area contributed by atoms with E-state index in [1.165, 1.54) is 29.5 Å². The number of carbonyl (C=O) groups excluding carboxylic acids is 1. The Morgan fingerprint density at radius 2 is 1.98 bits per heavy atom. The number of aromatic hydroxyl groups is 1. The molecular formula is C32H39N3O5.